The lowest BCUT2D eigenvalue weighted by molar-refractivity contribution is 0.179. The first-order chi connectivity index (χ1) is 11.0. The van der Waals surface area contributed by atoms with Gasteiger partial charge < -0.3 is 25.0 Å². The quantitative estimate of drug-likeness (QED) is 0.561. The van der Waals surface area contributed by atoms with Gasteiger partial charge in [0.25, 0.3) is 0 Å². The zero-order chi connectivity index (χ0) is 17.2. The van der Waals surface area contributed by atoms with Crippen LogP contribution in [0.5, 0.6) is 5.75 Å². The van der Waals surface area contributed by atoms with E-state index in [9.17, 15) is 0 Å². The molecule has 1 aromatic rings. The molecule has 2 atom stereocenters. The number of methoxy groups -OCH3 is 2. The van der Waals surface area contributed by atoms with Crippen molar-refractivity contribution in [1.29, 1.82) is 0 Å². The van der Waals surface area contributed by atoms with Crippen molar-refractivity contribution in [3.8, 4) is 5.75 Å². The second-order valence-corrected chi connectivity index (χ2v) is 5.71. The van der Waals surface area contributed by atoms with E-state index in [1.807, 2.05) is 12.1 Å². The minimum atomic E-state index is 0.195. The van der Waals surface area contributed by atoms with Crippen LogP contribution in [0.15, 0.2) is 29.3 Å². The van der Waals surface area contributed by atoms with E-state index in [1.54, 1.807) is 21.3 Å². The third-order valence-corrected chi connectivity index (χ3v) is 3.59. The summed E-state index contributed by atoms with van der Waals surface area (Å²) in [6.07, 6.45) is 0. The van der Waals surface area contributed by atoms with Crippen LogP contribution in [-0.2, 0) is 4.74 Å². The zero-order valence-corrected chi connectivity index (χ0v) is 15.1. The molecule has 0 radical (unpaired) electrons. The Balaban J connectivity index is 2.72. The smallest absolute Gasteiger partial charge is 0.191 e. The molecule has 0 amide bonds. The summed E-state index contributed by atoms with van der Waals surface area (Å²) in [4.78, 5) is 6.44. The Morgan fingerprint density at radius 2 is 2.04 bits per heavy atom. The Morgan fingerprint density at radius 1 is 1.30 bits per heavy atom. The number of hydrogen-bond donors (Lipinski definition) is 2. The van der Waals surface area contributed by atoms with Gasteiger partial charge in [-0.3, -0.25) is 4.99 Å². The summed E-state index contributed by atoms with van der Waals surface area (Å²) in [6, 6.07) is 8.55. The fourth-order valence-corrected chi connectivity index (χ4v) is 2.36. The number of guanidine groups is 1. The van der Waals surface area contributed by atoms with Crippen molar-refractivity contribution in [3.63, 3.8) is 0 Å². The molecule has 0 aromatic heterocycles. The molecule has 6 heteroatoms. The molecule has 0 heterocycles. The van der Waals surface area contributed by atoms with Crippen molar-refractivity contribution in [3.05, 3.63) is 29.8 Å². The van der Waals surface area contributed by atoms with Gasteiger partial charge in [-0.2, -0.15) is 0 Å². The van der Waals surface area contributed by atoms with Crippen LogP contribution >= 0.6 is 0 Å². The molecule has 0 saturated carbocycles. The number of nitrogens with zero attached hydrogens (tertiary/aromatic N) is 2. The minimum absolute atomic E-state index is 0.195. The van der Waals surface area contributed by atoms with Gasteiger partial charge in [0, 0.05) is 26.7 Å². The SMILES string of the molecule is CN=C(NCC(c1cccc(OC)c1)N(C)C)NC(C)COC. The largest absolute Gasteiger partial charge is 0.497 e. The molecule has 2 N–H and O–H groups in total. The summed E-state index contributed by atoms with van der Waals surface area (Å²) in [5.41, 5.74) is 1.20. The lowest BCUT2D eigenvalue weighted by atomic mass is 10.1. The minimum Gasteiger partial charge on any atom is -0.497 e. The first kappa shape index (κ1) is 19.3. The highest BCUT2D eigenvalue weighted by atomic mass is 16.5. The van der Waals surface area contributed by atoms with Gasteiger partial charge in [0.15, 0.2) is 5.96 Å². The molecule has 0 saturated heterocycles. The molecule has 1 rings (SSSR count). The van der Waals surface area contributed by atoms with Crippen LogP contribution in [0.2, 0.25) is 0 Å². The Morgan fingerprint density at radius 3 is 2.61 bits per heavy atom. The Kier molecular flexibility index (Phi) is 8.43. The van der Waals surface area contributed by atoms with Gasteiger partial charge in [-0.1, -0.05) is 12.1 Å². The van der Waals surface area contributed by atoms with Gasteiger partial charge in [0.2, 0.25) is 0 Å². The number of rotatable bonds is 8. The van der Waals surface area contributed by atoms with Gasteiger partial charge in [0.1, 0.15) is 5.75 Å². The highest BCUT2D eigenvalue weighted by molar-refractivity contribution is 5.80. The lowest BCUT2D eigenvalue weighted by Gasteiger charge is -2.27. The predicted octanol–water partition coefficient (Wildman–Crippen LogP) is 1.50. The summed E-state index contributed by atoms with van der Waals surface area (Å²) in [5, 5.41) is 6.68. The van der Waals surface area contributed by atoms with E-state index in [2.05, 4.69) is 53.7 Å². The molecule has 0 fully saturated rings. The highest BCUT2D eigenvalue weighted by Gasteiger charge is 2.16. The Labute approximate surface area is 139 Å². The summed E-state index contributed by atoms with van der Waals surface area (Å²) in [7, 11) is 9.28. The van der Waals surface area contributed by atoms with Crippen LogP contribution in [0.1, 0.15) is 18.5 Å². The van der Waals surface area contributed by atoms with Crippen LogP contribution in [0, 0.1) is 0 Å². The molecule has 2 unspecified atom stereocenters. The molecule has 0 aliphatic carbocycles. The summed E-state index contributed by atoms with van der Waals surface area (Å²) in [5.74, 6) is 1.63. The van der Waals surface area contributed by atoms with Gasteiger partial charge in [-0.05, 0) is 38.7 Å². The maximum absolute atomic E-state index is 5.32. The number of likely N-dealkylation sites (N-methyl/N-ethyl adjacent to an activating group) is 1. The average molecular weight is 322 g/mol. The molecule has 0 bridgehead atoms. The van der Waals surface area contributed by atoms with E-state index in [0.29, 0.717) is 6.61 Å². The van der Waals surface area contributed by atoms with Gasteiger partial charge in [-0.25, -0.2) is 0 Å². The number of benzene rings is 1. The normalized spacial score (nSPS) is 14.5. The van der Waals surface area contributed by atoms with Crippen LogP contribution in [0.4, 0.5) is 0 Å². The zero-order valence-electron chi connectivity index (χ0n) is 15.1. The number of nitrogens with one attached hydrogen (secondary N) is 2. The molecule has 0 aliphatic rings. The first-order valence-corrected chi connectivity index (χ1v) is 7.78. The fourth-order valence-electron chi connectivity index (χ4n) is 2.36. The van der Waals surface area contributed by atoms with E-state index >= 15 is 0 Å². The topological polar surface area (TPSA) is 58.1 Å². The van der Waals surface area contributed by atoms with E-state index in [4.69, 9.17) is 9.47 Å². The predicted molar refractivity (Wildman–Crippen MR) is 95.3 cm³/mol. The van der Waals surface area contributed by atoms with E-state index < -0.39 is 0 Å². The Bertz CT molecular complexity index is 491. The van der Waals surface area contributed by atoms with Crippen molar-refractivity contribution in [2.45, 2.75) is 19.0 Å². The van der Waals surface area contributed by atoms with E-state index in [-0.39, 0.29) is 12.1 Å². The molecule has 0 spiro atoms. The Hall–Kier alpha value is -1.79. The molecular weight excluding hydrogens is 292 g/mol. The van der Waals surface area contributed by atoms with E-state index in [0.717, 1.165) is 18.3 Å². The lowest BCUT2D eigenvalue weighted by Crippen LogP contribution is -2.46. The van der Waals surface area contributed by atoms with Gasteiger partial charge in [-0.15, -0.1) is 0 Å². The summed E-state index contributed by atoms with van der Waals surface area (Å²) < 4.78 is 10.5. The van der Waals surface area contributed by atoms with Gasteiger partial charge in [0.05, 0.1) is 19.8 Å². The van der Waals surface area contributed by atoms with Crippen LogP contribution in [0.3, 0.4) is 0 Å². The molecule has 1 aromatic carbocycles. The average Bonchev–Trinajstić information content (AvgIpc) is 2.54. The number of ether oxygens (including phenoxy) is 2. The van der Waals surface area contributed by atoms with Gasteiger partial charge >= 0.3 is 0 Å². The first-order valence-electron chi connectivity index (χ1n) is 7.78. The van der Waals surface area contributed by atoms with Crippen molar-refractivity contribution < 1.29 is 9.47 Å². The monoisotopic (exact) mass is 322 g/mol. The molecule has 23 heavy (non-hydrogen) atoms. The van der Waals surface area contributed by atoms with Crippen molar-refractivity contribution in [2.24, 2.45) is 4.99 Å². The molecular formula is C17H30N4O2. The summed E-state index contributed by atoms with van der Waals surface area (Å²) >= 11 is 0. The third-order valence-electron chi connectivity index (χ3n) is 3.59. The van der Waals surface area contributed by atoms with E-state index in [1.165, 1.54) is 5.56 Å². The number of aliphatic imine (C=N–C) groups is 1. The maximum atomic E-state index is 5.32. The van der Waals surface area contributed by atoms with Crippen LogP contribution < -0.4 is 15.4 Å². The summed E-state index contributed by atoms with van der Waals surface area (Å²) in [6.45, 7) is 3.43. The fraction of sp³-hybridized carbons (Fsp3) is 0.588. The van der Waals surface area contributed by atoms with Crippen molar-refractivity contribution in [2.75, 3.05) is 48.5 Å². The molecule has 6 nitrogen and oxygen atoms in total. The molecule has 0 aliphatic heterocycles. The second kappa shape index (κ2) is 10.1. The van der Waals surface area contributed by atoms with Crippen LogP contribution in [-0.4, -0.2) is 65.4 Å². The molecule has 130 valence electrons. The second-order valence-electron chi connectivity index (χ2n) is 5.71. The van der Waals surface area contributed by atoms with Crippen molar-refractivity contribution >= 4 is 5.96 Å². The number of hydrogen-bond acceptors (Lipinski definition) is 4. The van der Waals surface area contributed by atoms with Crippen LogP contribution in [0.25, 0.3) is 0 Å². The highest BCUT2D eigenvalue weighted by Crippen LogP contribution is 2.21. The standard InChI is InChI=1S/C17H30N4O2/c1-13(12-22-5)20-17(18-2)19-11-16(21(3)4)14-8-7-9-15(10-14)23-6/h7-10,13,16H,11-12H2,1-6H3,(H2,18,19,20). The van der Waals surface area contributed by atoms with Crippen molar-refractivity contribution in [1.82, 2.24) is 15.5 Å². The third kappa shape index (κ3) is 6.46. The maximum Gasteiger partial charge on any atom is 0.191 e.